The summed E-state index contributed by atoms with van der Waals surface area (Å²) in [6, 6.07) is 11.7. The number of methoxy groups -OCH3 is 2. The Bertz CT molecular complexity index is 846. The van der Waals surface area contributed by atoms with Crippen molar-refractivity contribution < 1.29 is 23.7 Å². The van der Waals surface area contributed by atoms with Crippen molar-refractivity contribution >= 4 is 12.0 Å². The Morgan fingerprint density at radius 1 is 0.968 bits per heavy atom. The van der Waals surface area contributed by atoms with Crippen molar-refractivity contribution in [2.24, 2.45) is 0 Å². The van der Waals surface area contributed by atoms with Gasteiger partial charge >= 0.3 is 5.97 Å². The lowest BCUT2D eigenvalue weighted by atomic mass is 10.0. The largest absolute Gasteiger partial charge is 0.618 e. The second-order valence-electron chi connectivity index (χ2n) is 7.44. The quantitative estimate of drug-likeness (QED) is 0.151. The van der Waals surface area contributed by atoms with Crippen molar-refractivity contribution in [2.75, 3.05) is 20.8 Å². The van der Waals surface area contributed by atoms with E-state index in [1.165, 1.54) is 44.1 Å². The number of benzene rings is 1. The zero-order chi connectivity index (χ0) is 22.5. The Labute approximate surface area is 185 Å². The van der Waals surface area contributed by atoms with Gasteiger partial charge in [0.2, 0.25) is 0 Å². The number of nitrogens with zero attached hydrogens (tertiary/aromatic N) is 1. The van der Waals surface area contributed by atoms with E-state index in [2.05, 4.69) is 16.9 Å². The van der Waals surface area contributed by atoms with E-state index < -0.39 is 5.97 Å². The summed E-state index contributed by atoms with van der Waals surface area (Å²) >= 11 is 0. The van der Waals surface area contributed by atoms with Crippen LogP contribution in [0.4, 0.5) is 0 Å². The molecular formula is C25H33NO5. The van der Waals surface area contributed by atoms with Gasteiger partial charge in [-0.2, -0.15) is 4.73 Å². The monoisotopic (exact) mass is 427 g/mol. The summed E-state index contributed by atoms with van der Waals surface area (Å²) in [5.74, 6) is 0.855. The third-order valence-electron chi connectivity index (χ3n) is 5.12. The minimum absolute atomic E-state index is 0.309. The average molecular weight is 428 g/mol. The van der Waals surface area contributed by atoms with Crippen LogP contribution in [0, 0.1) is 12.1 Å². The molecule has 0 saturated heterocycles. The van der Waals surface area contributed by atoms with E-state index in [9.17, 15) is 10.0 Å². The summed E-state index contributed by atoms with van der Waals surface area (Å²) in [6.07, 6.45) is 10.5. The van der Waals surface area contributed by atoms with Crippen LogP contribution >= 0.6 is 0 Å². The molecule has 2 rings (SSSR count). The number of hydrogen-bond acceptors (Lipinski definition) is 5. The van der Waals surface area contributed by atoms with Gasteiger partial charge in [0.15, 0.2) is 11.4 Å². The second-order valence-corrected chi connectivity index (χ2v) is 7.44. The molecule has 1 aromatic heterocycles. The fourth-order valence-electron chi connectivity index (χ4n) is 3.24. The maximum atomic E-state index is 12.3. The smallest absolute Gasteiger partial charge is 0.330 e. The van der Waals surface area contributed by atoms with Gasteiger partial charge in [0.1, 0.15) is 5.75 Å². The highest BCUT2D eigenvalue weighted by molar-refractivity contribution is 5.86. The third-order valence-corrected chi connectivity index (χ3v) is 5.12. The molecule has 0 fully saturated rings. The van der Waals surface area contributed by atoms with Crippen LogP contribution in [0.15, 0.2) is 42.5 Å². The molecular weight excluding hydrogens is 394 g/mol. The molecule has 168 valence electrons. The Morgan fingerprint density at radius 2 is 1.65 bits per heavy atom. The molecule has 1 aromatic carbocycles. The number of unbranched alkanes of at least 4 members (excludes halogenated alkanes) is 5. The van der Waals surface area contributed by atoms with Crippen molar-refractivity contribution in [3.63, 3.8) is 0 Å². The SMILES string of the molecule is COC(=O)/C=C/c1c(OCCCCCCCCc2ccc(OC)cc2)ccc(C)[n+]1[O-]. The second kappa shape index (κ2) is 13.3. The Morgan fingerprint density at radius 3 is 2.32 bits per heavy atom. The normalized spacial score (nSPS) is 10.9. The Balaban J connectivity index is 1.65. The van der Waals surface area contributed by atoms with Gasteiger partial charge in [0, 0.05) is 25.1 Å². The van der Waals surface area contributed by atoms with Crippen LogP contribution < -0.4 is 14.2 Å². The van der Waals surface area contributed by atoms with Gasteiger partial charge in [-0.1, -0.05) is 37.8 Å². The van der Waals surface area contributed by atoms with Gasteiger partial charge in [-0.3, -0.25) is 0 Å². The molecule has 0 saturated carbocycles. The van der Waals surface area contributed by atoms with Gasteiger partial charge in [-0.25, -0.2) is 4.79 Å². The van der Waals surface area contributed by atoms with Gasteiger partial charge in [0.25, 0.3) is 5.69 Å². The van der Waals surface area contributed by atoms with E-state index >= 15 is 0 Å². The molecule has 0 unspecified atom stereocenters. The average Bonchev–Trinajstić information content (AvgIpc) is 2.79. The van der Waals surface area contributed by atoms with Gasteiger partial charge in [0.05, 0.1) is 20.8 Å². The van der Waals surface area contributed by atoms with Crippen molar-refractivity contribution in [3.05, 3.63) is 64.6 Å². The summed E-state index contributed by atoms with van der Waals surface area (Å²) in [5.41, 5.74) is 2.19. The number of aromatic nitrogens is 1. The van der Waals surface area contributed by atoms with Crippen LogP contribution in [0.5, 0.6) is 11.5 Å². The molecule has 0 N–H and O–H groups in total. The molecule has 0 aliphatic heterocycles. The summed E-state index contributed by atoms with van der Waals surface area (Å²) in [7, 11) is 2.98. The molecule has 6 heteroatoms. The number of rotatable bonds is 13. The van der Waals surface area contributed by atoms with E-state index in [0.717, 1.165) is 36.2 Å². The number of carbonyl (C=O) groups is 1. The lowest BCUT2D eigenvalue weighted by Crippen LogP contribution is -2.34. The lowest BCUT2D eigenvalue weighted by Gasteiger charge is -2.11. The van der Waals surface area contributed by atoms with E-state index in [1.54, 1.807) is 26.2 Å². The minimum atomic E-state index is -0.514. The molecule has 0 atom stereocenters. The predicted molar refractivity (Wildman–Crippen MR) is 121 cm³/mol. The lowest BCUT2D eigenvalue weighted by molar-refractivity contribution is -0.614. The molecule has 0 amide bonds. The summed E-state index contributed by atoms with van der Waals surface area (Å²) < 4.78 is 16.3. The standard InChI is InChI=1S/C25H33NO5/c1-20-11-17-24(23(26(20)28)16-18-25(27)30-3)31-19-9-7-5-4-6-8-10-21-12-14-22(29-2)15-13-21/h11-18H,4-10,19H2,1-3H3/b18-16+. The molecule has 31 heavy (non-hydrogen) atoms. The minimum Gasteiger partial charge on any atom is -0.618 e. The van der Waals surface area contributed by atoms with Crippen molar-refractivity contribution in [1.29, 1.82) is 0 Å². The highest BCUT2D eigenvalue weighted by Gasteiger charge is 2.14. The number of ether oxygens (including phenoxy) is 3. The van der Waals surface area contributed by atoms with Crippen LogP contribution in [0.25, 0.3) is 6.08 Å². The molecule has 0 bridgehead atoms. The van der Waals surface area contributed by atoms with E-state index in [0.29, 0.717) is 23.7 Å². The predicted octanol–water partition coefficient (Wildman–Crippen LogP) is 4.79. The summed E-state index contributed by atoms with van der Waals surface area (Å²) in [4.78, 5) is 11.3. The molecule has 6 nitrogen and oxygen atoms in total. The fourth-order valence-corrected chi connectivity index (χ4v) is 3.24. The topological polar surface area (TPSA) is 71.7 Å². The van der Waals surface area contributed by atoms with Crippen molar-refractivity contribution in [2.45, 2.75) is 51.9 Å². The molecule has 1 heterocycles. The van der Waals surface area contributed by atoms with Crippen LogP contribution in [0.2, 0.25) is 0 Å². The number of aryl methyl sites for hydroxylation is 2. The summed E-state index contributed by atoms with van der Waals surface area (Å²) in [6.45, 7) is 2.24. The highest BCUT2D eigenvalue weighted by Crippen LogP contribution is 2.18. The molecule has 0 aliphatic carbocycles. The van der Waals surface area contributed by atoms with E-state index in [-0.39, 0.29) is 0 Å². The first kappa shape index (κ1) is 24.3. The van der Waals surface area contributed by atoms with Crippen molar-refractivity contribution in [1.82, 2.24) is 0 Å². The Hall–Kier alpha value is -3.02. The first-order chi connectivity index (χ1) is 15.0. The van der Waals surface area contributed by atoms with Crippen LogP contribution in [0.1, 0.15) is 55.5 Å². The molecule has 0 aliphatic rings. The summed E-state index contributed by atoms with van der Waals surface area (Å²) in [5, 5.41) is 12.3. The maximum absolute atomic E-state index is 12.3. The molecule has 0 spiro atoms. The van der Waals surface area contributed by atoms with Gasteiger partial charge in [-0.15, -0.1) is 0 Å². The Kier molecular flexibility index (Phi) is 10.4. The first-order valence-corrected chi connectivity index (χ1v) is 10.8. The zero-order valence-electron chi connectivity index (χ0n) is 18.8. The van der Waals surface area contributed by atoms with Crippen molar-refractivity contribution in [3.8, 4) is 11.5 Å². The number of esters is 1. The van der Waals surface area contributed by atoms with Crippen LogP contribution in [-0.2, 0) is 16.0 Å². The molecule has 0 radical (unpaired) electrons. The number of hydrogen-bond donors (Lipinski definition) is 0. The molecule has 2 aromatic rings. The maximum Gasteiger partial charge on any atom is 0.330 e. The van der Waals surface area contributed by atoms with E-state index in [1.807, 2.05) is 12.1 Å². The van der Waals surface area contributed by atoms with Gasteiger partial charge in [-0.05, 0) is 43.0 Å². The van der Waals surface area contributed by atoms with Crippen LogP contribution in [0.3, 0.4) is 0 Å². The fraction of sp³-hybridized carbons (Fsp3) is 0.440. The highest BCUT2D eigenvalue weighted by atomic mass is 16.5. The first-order valence-electron chi connectivity index (χ1n) is 10.8. The van der Waals surface area contributed by atoms with Gasteiger partial charge < -0.3 is 19.4 Å². The van der Waals surface area contributed by atoms with Crippen LogP contribution in [-0.4, -0.2) is 26.8 Å². The van der Waals surface area contributed by atoms with E-state index in [4.69, 9.17) is 9.47 Å². The number of carbonyl (C=O) groups excluding carboxylic acids is 1. The number of pyridine rings is 1. The third kappa shape index (κ3) is 8.32. The zero-order valence-corrected chi connectivity index (χ0v) is 18.8.